The minimum absolute atomic E-state index is 0.0242. The Hall–Kier alpha value is -1.70. The molecule has 1 aromatic heterocycles. The number of benzene rings is 1. The largest absolute Gasteiger partial charge is 0.384 e. The van der Waals surface area contributed by atoms with Crippen LogP contribution in [0.5, 0.6) is 0 Å². The van der Waals surface area contributed by atoms with Crippen molar-refractivity contribution in [2.24, 2.45) is 5.92 Å². The Balaban J connectivity index is 1.03. The molecule has 5 rings (SSSR count). The zero-order valence-electron chi connectivity index (χ0n) is 21.8. The first-order chi connectivity index (χ1) is 17.4. The first-order valence-corrected chi connectivity index (χ1v) is 14.0. The van der Waals surface area contributed by atoms with Crippen molar-refractivity contribution in [1.82, 2.24) is 10.3 Å². The molecule has 2 heterocycles. The number of ether oxygens (including phenoxy) is 1. The number of aromatic nitrogens is 1. The van der Waals surface area contributed by atoms with Gasteiger partial charge in [-0.1, -0.05) is 37.1 Å². The molecule has 0 bridgehead atoms. The fourth-order valence-corrected chi connectivity index (χ4v) is 5.82. The van der Waals surface area contributed by atoms with E-state index in [0.29, 0.717) is 17.0 Å². The molecule has 2 fully saturated rings. The lowest BCUT2D eigenvalue weighted by atomic mass is 9.80. The number of rotatable bonds is 8. The van der Waals surface area contributed by atoms with E-state index in [1.165, 1.54) is 5.57 Å². The number of fused-ring (bicyclic) bond motifs is 2. The predicted octanol–water partition coefficient (Wildman–Crippen LogP) is 6.79. The summed E-state index contributed by atoms with van der Waals surface area (Å²) in [6.07, 6.45) is 12.2. The van der Waals surface area contributed by atoms with Gasteiger partial charge in [0, 0.05) is 47.7 Å². The van der Waals surface area contributed by atoms with Gasteiger partial charge in [-0.25, -0.2) is 9.78 Å². The van der Waals surface area contributed by atoms with Gasteiger partial charge in [0.2, 0.25) is 5.79 Å². The maximum absolute atomic E-state index is 6.62. The molecule has 2 unspecified atom stereocenters. The van der Waals surface area contributed by atoms with Gasteiger partial charge in [-0.2, -0.15) is 0 Å². The lowest BCUT2D eigenvalue weighted by molar-refractivity contribution is -0.527. The van der Waals surface area contributed by atoms with Crippen LogP contribution in [0.3, 0.4) is 0 Å². The molecule has 196 valence electrons. The highest BCUT2D eigenvalue weighted by atomic mass is 35.5. The number of anilines is 1. The molecule has 2 atom stereocenters. The summed E-state index contributed by atoms with van der Waals surface area (Å²) in [5, 5.41) is 9.13. The quantitative estimate of drug-likeness (QED) is 0.230. The number of nitrogens with one attached hydrogen (secondary N) is 2. The minimum atomic E-state index is -0.597. The molecule has 0 amide bonds. The Morgan fingerprint density at radius 1 is 1.08 bits per heavy atom. The fourth-order valence-electron chi connectivity index (χ4n) is 5.66. The number of hydrogen-bond donors (Lipinski definition) is 2. The summed E-state index contributed by atoms with van der Waals surface area (Å²) >= 11 is 6.10. The van der Waals surface area contributed by atoms with Gasteiger partial charge in [0.05, 0.1) is 5.52 Å². The molecule has 36 heavy (non-hydrogen) atoms. The maximum Gasteiger partial charge on any atom is 0.202 e. The molecule has 2 aliphatic carbocycles. The van der Waals surface area contributed by atoms with Crippen molar-refractivity contribution in [2.75, 3.05) is 18.4 Å². The second-order valence-electron chi connectivity index (χ2n) is 11.2. The Kier molecular flexibility index (Phi) is 7.89. The van der Waals surface area contributed by atoms with E-state index in [0.717, 1.165) is 81.0 Å². The normalized spacial score (nSPS) is 30.4. The van der Waals surface area contributed by atoms with Gasteiger partial charge < -0.3 is 15.4 Å². The monoisotopic (exact) mass is 513 g/mol. The van der Waals surface area contributed by atoms with Crippen LogP contribution in [0.2, 0.25) is 5.02 Å². The van der Waals surface area contributed by atoms with Gasteiger partial charge in [0.25, 0.3) is 0 Å². The molecule has 2 N–H and O–H groups in total. The van der Waals surface area contributed by atoms with Gasteiger partial charge in [0.15, 0.2) is 0 Å². The van der Waals surface area contributed by atoms with Crippen LogP contribution >= 0.6 is 11.6 Å². The summed E-state index contributed by atoms with van der Waals surface area (Å²) in [7, 11) is 0. The third-order valence-electron chi connectivity index (χ3n) is 8.15. The summed E-state index contributed by atoms with van der Waals surface area (Å²) < 4.78 is 6.62. The highest BCUT2D eigenvalue weighted by Crippen LogP contribution is 2.46. The SMILES string of the molecule is CC(C)C1=CC2OC3(CCC(NCCCCNc4ccnc5cc(Cl)ccc45)CC3)OOC2(C)CC1. The molecular weight excluding hydrogens is 474 g/mol. The van der Waals surface area contributed by atoms with Crippen molar-refractivity contribution < 1.29 is 14.5 Å². The van der Waals surface area contributed by atoms with E-state index in [1.807, 2.05) is 30.5 Å². The number of nitrogens with zero attached hydrogens (tertiary/aromatic N) is 1. The first kappa shape index (κ1) is 25.9. The van der Waals surface area contributed by atoms with Crippen molar-refractivity contribution in [2.45, 2.75) is 95.7 Å². The number of halogens is 1. The minimum Gasteiger partial charge on any atom is -0.384 e. The van der Waals surface area contributed by atoms with E-state index >= 15 is 0 Å². The number of pyridine rings is 1. The zero-order valence-corrected chi connectivity index (χ0v) is 22.6. The average Bonchev–Trinajstić information content (AvgIpc) is 2.87. The third-order valence-corrected chi connectivity index (χ3v) is 8.38. The van der Waals surface area contributed by atoms with Crippen molar-refractivity contribution in [3.05, 3.63) is 47.1 Å². The van der Waals surface area contributed by atoms with Crippen molar-refractivity contribution in [3.63, 3.8) is 0 Å². The van der Waals surface area contributed by atoms with Crippen LogP contribution in [0.1, 0.15) is 72.1 Å². The lowest BCUT2D eigenvalue weighted by Crippen LogP contribution is -2.59. The molecule has 7 heteroatoms. The van der Waals surface area contributed by atoms with Crippen LogP contribution in [0.4, 0.5) is 5.69 Å². The summed E-state index contributed by atoms with van der Waals surface area (Å²) in [6, 6.07) is 8.39. The van der Waals surface area contributed by atoms with Gasteiger partial charge in [-0.05, 0) is 82.2 Å². The van der Waals surface area contributed by atoms with E-state index in [4.69, 9.17) is 26.1 Å². The number of allylic oxidation sites excluding steroid dienone is 1. The molecule has 0 radical (unpaired) electrons. The fraction of sp³-hybridized carbons (Fsp3) is 0.621. The predicted molar refractivity (Wildman–Crippen MR) is 145 cm³/mol. The van der Waals surface area contributed by atoms with Crippen LogP contribution in [0.25, 0.3) is 10.9 Å². The van der Waals surface area contributed by atoms with Crippen molar-refractivity contribution in [1.29, 1.82) is 0 Å². The van der Waals surface area contributed by atoms with Crippen LogP contribution in [-0.2, 0) is 14.5 Å². The maximum atomic E-state index is 6.62. The topological polar surface area (TPSA) is 64.6 Å². The number of unbranched alkanes of at least 4 members (excludes halogenated alkanes) is 1. The van der Waals surface area contributed by atoms with Crippen LogP contribution in [0.15, 0.2) is 42.1 Å². The smallest absolute Gasteiger partial charge is 0.202 e. The summed E-state index contributed by atoms with van der Waals surface area (Å²) in [5.41, 5.74) is 3.14. The first-order valence-electron chi connectivity index (χ1n) is 13.6. The Bertz CT molecular complexity index is 1080. The highest BCUT2D eigenvalue weighted by Gasteiger charge is 2.52. The second kappa shape index (κ2) is 11.0. The van der Waals surface area contributed by atoms with Crippen LogP contribution in [-0.4, -0.2) is 41.6 Å². The molecular formula is C29H40ClN3O3. The van der Waals surface area contributed by atoms with E-state index in [1.54, 1.807) is 0 Å². The molecule has 2 aromatic rings. The Morgan fingerprint density at radius 2 is 1.89 bits per heavy atom. The van der Waals surface area contributed by atoms with Gasteiger partial charge >= 0.3 is 0 Å². The molecule has 1 aromatic carbocycles. The van der Waals surface area contributed by atoms with E-state index < -0.39 is 5.79 Å². The highest BCUT2D eigenvalue weighted by molar-refractivity contribution is 6.31. The summed E-state index contributed by atoms with van der Waals surface area (Å²) in [4.78, 5) is 16.4. The molecule has 1 saturated carbocycles. The Morgan fingerprint density at radius 3 is 2.69 bits per heavy atom. The van der Waals surface area contributed by atoms with Gasteiger partial charge in [-0.15, -0.1) is 0 Å². The van der Waals surface area contributed by atoms with Crippen molar-refractivity contribution >= 4 is 28.2 Å². The van der Waals surface area contributed by atoms with Crippen LogP contribution < -0.4 is 10.6 Å². The lowest BCUT2D eigenvalue weighted by Gasteiger charge is -2.51. The van der Waals surface area contributed by atoms with Gasteiger partial charge in [-0.3, -0.25) is 4.98 Å². The molecule has 1 spiro atoms. The zero-order chi connectivity index (χ0) is 25.2. The van der Waals surface area contributed by atoms with Gasteiger partial charge in [0.1, 0.15) is 11.7 Å². The summed E-state index contributed by atoms with van der Waals surface area (Å²) in [5.74, 6) is -0.0463. The van der Waals surface area contributed by atoms with E-state index in [-0.39, 0.29) is 11.7 Å². The Labute approximate surface area is 220 Å². The van der Waals surface area contributed by atoms with Crippen LogP contribution in [0, 0.1) is 5.92 Å². The second-order valence-corrected chi connectivity index (χ2v) is 11.6. The summed E-state index contributed by atoms with van der Waals surface area (Å²) in [6.45, 7) is 8.59. The molecule has 1 saturated heterocycles. The standard InChI is InChI=1S/C29H40ClN3O3/c1-20(2)21-8-12-28(3)27(18-21)34-29(36-35-28)13-9-23(10-14-29)31-15-4-5-16-32-25-11-17-33-26-19-22(30)6-7-24(25)26/h6-7,11,17-20,23,27,31H,4-5,8-10,12-16H2,1-3H3,(H,32,33). The van der Waals surface area contributed by atoms with E-state index in [2.05, 4.69) is 42.5 Å². The number of hydrogen-bond acceptors (Lipinski definition) is 6. The van der Waals surface area contributed by atoms with E-state index in [9.17, 15) is 0 Å². The molecule has 3 aliphatic rings. The third kappa shape index (κ3) is 5.73. The molecule has 6 nitrogen and oxygen atoms in total. The van der Waals surface area contributed by atoms with Crippen molar-refractivity contribution in [3.8, 4) is 0 Å². The average molecular weight is 514 g/mol. The molecule has 1 aliphatic heterocycles.